The molecule has 1 atom stereocenters. The summed E-state index contributed by atoms with van der Waals surface area (Å²) in [5, 5.41) is 3.19. The van der Waals surface area contributed by atoms with Gasteiger partial charge < -0.3 is 5.32 Å². The molecule has 1 heterocycles. The van der Waals surface area contributed by atoms with Gasteiger partial charge in [0.25, 0.3) is 0 Å². The molecule has 0 unspecified atom stereocenters. The average molecular weight is 648 g/mol. The first-order chi connectivity index (χ1) is 20.1. The zero-order valence-corrected chi connectivity index (χ0v) is 25.1. The van der Waals surface area contributed by atoms with Crippen molar-refractivity contribution in [1.29, 1.82) is 0 Å². The Labute approximate surface area is 250 Å². The van der Waals surface area contributed by atoms with Gasteiger partial charge in [-0.15, -0.1) is 0 Å². The van der Waals surface area contributed by atoms with Crippen LogP contribution >= 0.6 is 0 Å². The average Bonchev–Trinajstić information content (AvgIpc) is 3.10. The second-order valence-corrected chi connectivity index (χ2v) is 14.7. The third kappa shape index (κ3) is 5.52. The number of amidine groups is 1. The number of carbonyl (C=O) groups is 1. The molecule has 1 aliphatic heterocycles. The summed E-state index contributed by atoms with van der Waals surface area (Å²) in [6.07, 6.45) is -9.73. The van der Waals surface area contributed by atoms with Gasteiger partial charge in [-0.1, -0.05) is 12.1 Å². The Morgan fingerprint density at radius 1 is 0.932 bits per heavy atom. The minimum Gasteiger partial charge on any atom is -0.359 e. The van der Waals surface area contributed by atoms with Crippen LogP contribution in [0.15, 0.2) is 58.4 Å². The van der Waals surface area contributed by atoms with Gasteiger partial charge in [-0.25, -0.2) is 12.8 Å². The van der Waals surface area contributed by atoms with Crippen LogP contribution in [0.3, 0.4) is 0 Å². The number of hydrogen-bond donors (Lipinski definition) is 1. The summed E-state index contributed by atoms with van der Waals surface area (Å²) >= 11 is 0. The van der Waals surface area contributed by atoms with Crippen LogP contribution in [0.5, 0.6) is 0 Å². The highest BCUT2D eigenvalue weighted by molar-refractivity contribution is 7.89. The van der Waals surface area contributed by atoms with Gasteiger partial charge in [-0.05, 0) is 88.4 Å². The Morgan fingerprint density at radius 2 is 1.50 bits per heavy atom. The molecule has 2 aromatic carbocycles. The summed E-state index contributed by atoms with van der Waals surface area (Å²) < 4.78 is 120. The maximum absolute atomic E-state index is 13.9. The lowest BCUT2D eigenvalue weighted by Crippen LogP contribution is -2.79. The van der Waals surface area contributed by atoms with E-state index in [1.807, 2.05) is 0 Å². The van der Waals surface area contributed by atoms with Crippen LogP contribution in [-0.4, -0.2) is 47.1 Å². The number of rotatable bonds is 10. The number of carbonyl (C=O) groups excluding carboxylic acids is 1. The van der Waals surface area contributed by atoms with Crippen molar-refractivity contribution in [3.63, 3.8) is 0 Å². The van der Waals surface area contributed by atoms with Crippen molar-refractivity contribution in [3.8, 4) is 0 Å². The van der Waals surface area contributed by atoms with Gasteiger partial charge in [0.1, 0.15) is 17.2 Å². The van der Waals surface area contributed by atoms with Crippen molar-refractivity contribution in [2.24, 2.45) is 10.4 Å². The Kier molecular flexibility index (Phi) is 7.55. The molecule has 14 heteroatoms. The fraction of sp³-hybridized carbons (Fsp3) is 0.533. The molecule has 2 bridgehead atoms. The molecule has 1 N–H and O–H groups in total. The van der Waals surface area contributed by atoms with Crippen LogP contribution in [0.25, 0.3) is 0 Å². The third-order valence-corrected chi connectivity index (χ3v) is 11.4. The number of alkyl halides is 6. The minimum absolute atomic E-state index is 0.168. The summed E-state index contributed by atoms with van der Waals surface area (Å²) in [6, 6.07) is 8.49. The molecule has 4 aliphatic rings. The molecule has 0 amide bonds. The lowest BCUT2D eigenvalue weighted by atomic mass is 9.38. The van der Waals surface area contributed by atoms with Crippen LogP contribution in [0, 0.1) is 11.2 Å². The molecule has 6 nitrogen and oxygen atoms in total. The van der Waals surface area contributed by atoms with Crippen molar-refractivity contribution in [2.75, 3.05) is 0 Å². The molecule has 2 aromatic rings. The Balaban J connectivity index is 1.37. The third-order valence-electron chi connectivity index (χ3n) is 9.45. The maximum Gasteiger partial charge on any atom is 0.416 e. The van der Waals surface area contributed by atoms with E-state index in [0.717, 1.165) is 36.4 Å². The van der Waals surface area contributed by atoms with E-state index in [2.05, 4.69) is 5.32 Å². The van der Waals surface area contributed by atoms with E-state index >= 15 is 0 Å². The lowest BCUT2D eigenvalue weighted by molar-refractivity contribution is -0.151. The van der Waals surface area contributed by atoms with Gasteiger partial charge in [0.15, 0.2) is 5.78 Å². The molecule has 0 radical (unpaired) electrons. The number of ketones is 1. The number of halogens is 7. The Bertz CT molecular complexity index is 1560. The van der Waals surface area contributed by atoms with Crippen molar-refractivity contribution in [2.45, 2.75) is 99.7 Å². The molecule has 0 spiro atoms. The van der Waals surface area contributed by atoms with E-state index in [1.165, 1.54) is 16.4 Å². The number of aliphatic imine (C=N–C) groups is 1. The summed E-state index contributed by atoms with van der Waals surface area (Å²) in [7, 11) is -4.23. The number of benzene rings is 2. The van der Waals surface area contributed by atoms with Crippen molar-refractivity contribution >= 4 is 21.6 Å². The molecule has 6 rings (SSSR count). The largest absolute Gasteiger partial charge is 0.416 e. The topological polar surface area (TPSA) is 78.8 Å². The van der Waals surface area contributed by atoms with E-state index in [4.69, 9.17) is 4.99 Å². The molecular formula is C30H32F7N3O3S. The molecule has 3 aliphatic carbocycles. The van der Waals surface area contributed by atoms with Crippen LogP contribution in [-0.2, 0) is 27.5 Å². The van der Waals surface area contributed by atoms with Gasteiger partial charge in [0.2, 0.25) is 10.0 Å². The maximum atomic E-state index is 13.9. The number of hydrogen-bond acceptors (Lipinski definition) is 5. The summed E-state index contributed by atoms with van der Waals surface area (Å²) in [5.41, 5.74) is -4.30. The van der Waals surface area contributed by atoms with E-state index in [0.29, 0.717) is 30.7 Å². The first-order valence-corrected chi connectivity index (χ1v) is 15.5. The normalized spacial score (nSPS) is 27.8. The predicted octanol–water partition coefficient (Wildman–Crippen LogP) is 6.80. The van der Waals surface area contributed by atoms with E-state index < -0.39 is 68.0 Å². The zero-order chi connectivity index (χ0) is 32.6. The van der Waals surface area contributed by atoms with Crippen LogP contribution in [0.4, 0.5) is 30.7 Å². The smallest absolute Gasteiger partial charge is 0.359 e. The number of sulfonamides is 1. The first-order valence-electron chi connectivity index (χ1n) is 14.1. The van der Waals surface area contributed by atoms with Gasteiger partial charge in [-0.2, -0.15) is 30.6 Å². The number of nitrogens with zero attached hydrogens (tertiary/aromatic N) is 2. The molecule has 3 saturated carbocycles. The molecule has 44 heavy (non-hydrogen) atoms. The van der Waals surface area contributed by atoms with Gasteiger partial charge in [-0.3, -0.25) is 9.79 Å². The first kappa shape index (κ1) is 32.4. The summed E-state index contributed by atoms with van der Waals surface area (Å²) in [6.45, 7) is 4.81. The van der Waals surface area contributed by atoms with Gasteiger partial charge >= 0.3 is 12.4 Å². The second kappa shape index (κ2) is 10.3. The minimum atomic E-state index is -4.56. The molecular weight excluding hydrogens is 615 g/mol. The summed E-state index contributed by atoms with van der Waals surface area (Å²) in [4.78, 5) is 17.7. The molecule has 3 fully saturated rings. The summed E-state index contributed by atoms with van der Waals surface area (Å²) in [5.74, 6) is -0.550. The van der Waals surface area contributed by atoms with E-state index in [-0.39, 0.29) is 24.3 Å². The standard InChI is InChI=1S/C30H32F7N3O3S/c1-25(2)26(3,23(41)5-4-14-29(32,33)34)39-24(38-25)27-16-28(17-27,18-27)40(44(42,43)22-12-10-21(31)11-13-22)15-19-6-8-20(9-7-19)30(35,36)37/h6-13H,4-5,14-18H2,1-3H3,(H,38,39)/t26-,27?,28?/m0/s1. The Morgan fingerprint density at radius 3 is 2.02 bits per heavy atom. The zero-order valence-electron chi connectivity index (χ0n) is 24.2. The molecule has 240 valence electrons. The molecule has 0 saturated heterocycles. The van der Waals surface area contributed by atoms with Crippen LogP contribution in [0.2, 0.25) is 0 Å². The van der Waals surface area contributed by atoms with Crippen molar-refractivity contribution < 1.29 is 43.9 Å². The predicted molar refractivity (Wildman–Crippen MR) is 148 cm³/mol. The quantitative estimate of drug-likeness (QED) is 0.288. The second-order valence-electron chi connectivity index (χ2n) is 12.9. The Hall–Kier alpha value is -3.00. The molecule has 0 aromatic heterocycles. The number of nitrogens with one attached hydrogen (secondary N) is 1. The SMILES string of the molecule is CC1(C)N=C(C23CC(N(Cc4ccc(C(F)(F)F)cc4)S(=O)(=O)c4ccc(F)cc4)(C2)C3)N[C@@]1(C)C(=O)CCCC(F)(F)F. The van der Waals surface area contributed by atoms with Gasteiger partial charge in [0.05, 0.1) is 16.0 Å². The lowest BCUT2D eigenvalue weighted by Gasteiger charge is -2.73. The van der Waals surface area contributed by atoms with E-state index in [9.17, 15) is 43.9 Å². The highest BCUT2D eigenvalue weighted by atomic mass is 32.2. The fourth-order valence-corrected chi connectivity index (χ4v) is 8.38. The van der Waals surface area contributed by atoms with Crippen LogP contribution in [0.1, 0.15) is 70.4 Å². The fourth-order valence-electron chi connectivity index (χ4n) is 6.63. The van der Waals surface area contributed by atoms with E-state index in [1.54, 1.807) is 20.8 Å². The van der Waals surface area contributed by atoms with Crippen molar-refractivity contribution in [3.05, 3.63) is 65.5 Å². The highest BCUT2D eigenvalue weighted by Gasteiger charge is 2.75. The highest BCUT2D eigenvalue weighted by Crippen LogP contribution is 2.72. The monoisotopic (exact) mass is 647 g/mol. The number of Topliss-reactive ketones (excluding diaryl/α,β-unsaturated/α-hetero) is 1. The van der Waals surface area contributed by atoms with Crippen molar-refractivity contribution in [1.82, 2.24) is 9.62 Å². The van der Waals surface area contributed by atoms with Gasteiger partial charge in [0, 0.05) is 30.3 Å². The van der Waals surface area contributed by atoms with Crippen LogP contribution < -0.4 is 5.32 Å².